The molecule has 0 radical (unpaired) electrons. The topological polar surface area (TPSA) is 49.8 Å². The van der Waals surface area contributed by atoms with Gasteiger partial charge in [0.25, 0.3) is 0 Å². The summed E-state index contributed by atoms with van der Waals surface area (Å²) in [5, 5.41) is 6.69. The van der Waals surface area contributed by atoms with Crippen LogP contribution in [0, 0.1) is 0 Å². The molecule has 2 rings (SSSR count). The molecule has 0 spiro atoms. The lowest BCUT2D eigenvalue weighted by atomic mass is 9.95. The molecule has 0 aromatic carbocycles. The van der Waals surface area contributed by atoms with Crippen LogP contribution in [0.1, 0.15) is 44.6 Å². The van der Waals surface area contributed by atoms with Gasteiger partial charge in [0.1, 0.15) is 0 Å². The Bertz CT molecular complexity index is 317. The molecule has 1 fully saturated rings. The highest BCUT2D eigenvalue weighted by Gasteiger charge is 2.12. The van der Waals surface area contributed by atoms with Crippen LogP contribution in [-0.2, 0) is 6.54 Å². The van der Waals surface area contributed by atoms with Crippen molar-refractivity contribution in [3.05, 3.63) is 18.0 Å². The highest BCUT2D eigenvalue weighted by molar-refractivity contribution is 5.24. The number of anilines is 1. The second-order valence-corrected chi connectivity index (χ2v) is 4.66. The van der Waals surface area contributed by atoms with Crippen molar-refractivity contribution in [1.29, 1.82) is 0 Å². The molecule has 0 unspecified atom stereocenters. The summed E-state index contributed by atoms with van der Waals surface area (Å²) >= 11 is 0. The minimum atomic E-state index is 0.692. The Morgan fingerprint density at radius 2 is 1.88 bits per heavy atom. The highest BCUT2D eigenvalue weighted by Crippen LogP contribution is 2.17. The third-order valence-corrected chi connectivity index (χ3v) is 3.24. The van der Waals surface area contributed by atoms with E-state index >= 15 is 0 Å². The van der Waals surface area contributed by atoms with Gasteiger partial charge in [-0.25, -0.2) is 9.97 Å². The van der Waals surface area contributed by atoms with Gasteiger partial charge in [0.05, 0.1) is 0 Å². The van der Waals surface area contributed by atoms with Crippen molar-refractivity contribution in [2.24, 2.45) is 0 Å². The van der Waals surface area contributed by atoms with E-state index in [4.69, 9.17) is 0 Å². The number of hydrogen-bond donors (Lipinski definition) is 2. The molecule has 1 aromatic rings. The molecule has 2 N–H and O–H groups in total. The maximum absolute atomic E-state index is 4.27. The SMILES string of the molecule is CCNc1ncc(CNC2CCCCC2)cn1. The third kappa shape index (κ3) is 3.97. The average molecular weight is 234 g/mol. The third-order valence-electron chi connectivity index (χ3n) is 3.24. The molecule has 4 nitrogen and oxygen atoms in total. The Labute approximate surface area is 103 Å². The molecule has 0 amide bonds. The van der Waals surface area contributed by atoms with E-state index in [2.05, 4.69) is 20.6 Å². The molecule has 0 atom stereocenters. The normalized spacial score (nSPS) is 17.0. The Morgan fingerprint density at radius 3 is 2.53 bits per heavy atom. The smallest absolute Gasteiger partial charge is 0.222 e. The van der Waals surface area contributed by atoms with Gasteiger partial charge in [0.2, 0.25) is 5.95 Å². The minimum Gasteiger partial charge on any atom is -0.355 e. The molecular formula is C13H22N4. The summed E-state index contributed by atoms with van der Waals surface area (Å²) in [5.74, 6) is 0.717. The minimum absolute atomic E-state index is 0.692. The second kappa shape index (κ2) is 6.55. The maximum Gasteiger partial charge on any atom is 0.222 e. The number of aromatic nitrogens is 2. The highest BCUT2D eigenvalue weighted by atomic mass is 15.1. The standard InChI is InChI=1S/C13H22N4/c1-2-14-13-16-9-11(10-17-13)8-15-12-6-4-3-5-7-12/h9-10,12,15H,2-8H2,1H3,(H,14,16,17). The number of rotatable bonds is 5. The van der Waals surface area contributed by atoms with E-state index in [9.17, 15) is 0 Å². The van der Waals surface area contributed by atoms with Crippen LogP contribution in [0.3, 0.4) is 0 Å². The zero-order valence-corrected chi connectivity index (χ0v) is 10.6. The van der Waals surface area contributed by atoms with Gasteiger partial charge in [-0.2, -0.15) is 0 Å². The summed E-state index contributed by atoms with van der Waals surface area (Å²) in [6, 6.07) is 0.692. The largest absolute Gasteiger partial charge is 0.355 e. The van der Waals surface area contributed by atoms with Crippen molar-refractivity contribution in [2.45, 2.75) is 51.6 Å². The van der Waals surface area contributed by atoms with Crippen LogP contribution in [-0.4, -0.2) is 22.6 Å². The molecule has 1 aliphatic rings. The first-order valence-electron chi connectivity index (χ1n) is 6.66. The summed E-state index contributed by atoms with van der Waals surface area (Å²) in [5.41, 5.74) is 1.16. The van der Waals surface area contributed by atoms with Gasteiger partial charge in [-0.15, -0.1) is 0 Å². The Morgan fingerprint density at radius 1 is 1.18 bits per heavy atom. The van der Waals surface area contributed by atoms with E-state index < -0.39 is 0 Å². The van der Waals surface area contributed by atoms with Gasteiger partial charge in [-0.3, -0.25) is 0 Å². The fourth-order valence-electron chi connectivity index (χ4n) is 2.26. The molecule has 4 heteroatoms. The monoisotopic (exact) mass is 234 g/mol. The second-order valence-electron chi connectivity index (χ2n) is 4.66. The molecule has 0 aliphatic heterocycles. The van der Waals surface area contributed by atoms with Crippen LogP contribution in [0.4, 0.5) is 5.95 Å². The quantitative estimate of drug-likeness (QED) is 0.821. The molecule has 1 aliphatic carbocycles. The van der Waals surface area contributed by atoms with E-state index in [0.29, 0.717) is 12.0 Å². The van der Waals surface area contributed by atoms with Crippen LogP contribution in [0.25, 0.3) is 0 Å². The van der Waals surface area contributed by atoms with Crippen LogP contribution in [0.2, 0.25) is 0 Å². The molecule has 1 saturated carbocycles. The van der Waals surface area contributed by atoms with Gasteiger partial charge in [0.15, 0.2) is 0 Å². The van der Waals surface area contributed by atoms with Gasteiger partial charge >= 0.3 is 0 Å². The van der Waals surface area contributed by atoms with Crippen LogP contribution < -0.4 is 10.6 Å². The van der Waals surface area contributed by atoms with Gasteiger partial charge < -0.3 is 10.6 Å². The number of hydrogen-bond acceptors (Lipinski definition) is 4. The Balaban J connectivity index is 1.77. The van der Waals surface area contributed by atoms with Crippen molar-refractivity contribution >= 4 is 5.95 Å². The predicted octanol–water partition coefficient (Wildman–Crippen LogP) is 2.33. The maximum atomic E-state index is 4.27. The van der Waals surface area contributed by atoms with E-state index in [-0.39, 0.29) is 0 Å². The Hall–Kier alpha value is -1.16. The predicted molar refractivity (Wildman–Crippen MR) is 69.9 cm³/mol. The molecular weight excluding hydrogens is 212 g/mol. The van der Waals surface area contributed by atoms with E-state index in [0.717, 1.165) is 18.7 Å². The van der Waals surface area contributed by atoms with Crippen LogP contribution in [0.15, 0.2) is 12.4 Å². The first-order valence-corrected chi connectivity index (χ1v) is 6.66. The molecule has 1 aromatic heterocycles. The molecule has 94 valence electrons. The molecule has 17 heavy (non-hydrogen) atoms. The summed E-state index contributed by atoms with van der Waals surface area (Å²) in [4.78, 5) is 8.54. The van der Waals surface area contributed by atoms with E-state index in [1.807, 2.05) is 19.3 Å². The van der Waals surface area contributed by atoms with Gasteiger partial charge in [-0.05, 0) is 19.8 Å². The summed E-state index contributed by atoms with van der Waals surface area (Å²) in [6.45, 7) is 3.79. The van der Waals surface area contributed by atoms with Crippen LogP contribution in [0.5, 0.6) is 0 Å². The van der Waals surface area contributed by atoms with E-state index in [1.165, 1.54) is 32.1 Å². The number of nitrogens with one attached hydrogen (secondary N) is 2. The van der Waals surface area contributed by atoms with Gasteiger partial charge in [0, 0.05) is 37.1 Å². The summed E-state index contributed by atoms with van der Waals surface area (Å²) < 4.78 is 0. The summed E-state index contributed by atoms with van der Waals surface area (Å²) in [6.07, 6.45) is 10.6. The van der Waals surface area contributed by atoms with Gasteiger partial charge in [-0.1, -0.05) is 19.3 Å². The van der Waals surface area contributed by atoms with Crippen LogP contribution >= 0.6 is 0 Å². The van der Waals surface area contributed by atoms with E-state index in [1.54, 1.807) is 0 Å². The molecule has 0 bridgehead atoms. The van der Waals surface area contributed by atoms with Crippen molar-refractivity contribution in [2.75, 3.05) is 11.9 Å². The zero-order chi connectivity index (χ0) is 11.9. The lowest BCUT2D eigenvalue weighted by Gasteiger charge is -2.22. The van der Waals surface area contributed by atoms with Crippen molar-refractivity contribution in [3.63, 3.8) is 0 Å². The van der Waals surface area contributed by atoms with Crippen molar-refractivity contribution in [1.82, 2.24) is 15.3 Å². The fraction of sp³-hybridized carbons (Fsp3) is 0.692. The fourth-order valence-corrected chi connectivity index (χ4v) is 2.26. The van der Waals surface area contributed by atoms with Crippen molar-refractivity contribution in [3.8, 4) is 0 Å². The zero-order valence-electron chi connectivity index (χ0n) is 10.6. The lowest BCUT2D eigenvalue weighted by molar-refractivity contribution is 0.372. The number of nitrogens with zero attached hydrogens (tertiary/aromatic N) is 2. The first kappa shape index (κ1) is 12.3. The van der Waals surface area contributed by atoms with Crippen molar-refractivity contribution < 1.29 is 0 Å². The Kier molecular flexibility index (Phi) is 4.74. The molecule has 0 saturated heterocycles. The first-order chi connectivity index (χ1) is 8.38. The molecule has 1 heterocycles. The lowest BCUT2D eigenvalue weighted by Crippen LogP contribution is -2.30. The average Bonchev–Trinajstić information content (AvgIpc) is 2.40. The summed E-state index contributed by atoms with van der Waals surface area (Å²) in [7, 11) is 0.